The highest BCUT2D eigenvalue weighted by atomic mass is 127. The van der Waals surface area contributed by atoms with E-state index in [9.17, 15) is 0 Å². The van der Waals surface area contributed by atoms with Crippen molar-refractivity contribution in [3.8, 4) is 11.8 Å². The maximum absolute atomic E-state index is 3.33. The minimum Gasteiger partial charge on any atom is -1.00 e. The second-order valence-corrected chi connectivity index (χ2v) is 9.07. The van der Waals surface area contributed by atoms with Gasteiger partial charge in [-0.2, -0.15) is 0 Å². The van der Waals surface area contributed by atoms with Gasteiger partial charge in [0, 0.05) is 13.3 Å². The van der Waals surface area contributed by atoms with Crippen molar-refractivity contribution in [2.24, 2.45) is 0 Å². The monoisotopic (exact) mass is 542 g/mol. The van der Waals surface area contributed by atoms with Crippen LogP contribution in [0.5, 0.6) is 0 Å². The van der Waals surface area contributed by atoms with Crippen LogP contribution in [-0.4, -0.2) is 4.57 Å². The van der Waals surface area contributed by atoms with E-state index in [2.05, 4.69) is 54.1 Å². The largest absolute Gasteiger partial charge is 1.00 e. The van der Waals surface area contributed by atoms with Crippen LogP contribution in [-0.2, 0) is 13.1 Å². The van der Waals surface area contributed by atoms with Gasteiger partial charge >= 0.3 is 0 Å². The second kappa shape index (κ2) is 22.7. The Labute approximate surface area is 212 Å². The summed E-state index contributed by atoms with van der Waals surface area (Å²) in [7, 11) is 0. The topological polar surface area (TPSA) is 8.81 Å². The van der Waals surface area contributed by atoms with Gasteiger partial charge < -0.3 is 24.0 Å². The van der Waals surface area contributed by atoms with Crippen LogP contribution >= 0.6 is 0 Å². The van der Waals surface area contributed by atoms with Crippen LogP contribution in [0.15, 0.2) is 12.4 Å². The first-order chi connectivity index (χ1) is 14.8. The van der Waals surface area contributed by atoms with E-state index in [1.54, 1.807) is 0 Å². The zero-order valence-electron chi connectivity index (χ0n) is 21.1. The minimum absolute atomic E-state index is 0. The van der Waals surface area contributed by atoms with Crippen LogP contribution in [0.4, 0.5) is 0 Å². The molecule has 0 N–H and O–H groups in total. The van der Waals surface area contributed by atoms with Gasteiger partial charge in [0.1, 0.15) is 12.4 Å². The summed E-state index contributed by atoms with van der Waals surface area (Å²) < 4.78 is 4.69. The summed E-state index contributed by atoms with van der Waals surface area (Å²) in [4.78, 5) is 0. The second-order valence-electron chi connectivity index (χ2n) is 9.07. The summed E-state index contributed by atoms with van der Waals surface area (Å²) in [6.07, 6.45) is 29.2. The molecule has 1 aromatic rings. The molecule has 0 aromatic carbocycles. The Morgan fingerprint density at radius 1 is 0.677 bits per heavy atom. The van der Waals surface area contributed by atoms with Crippen molar-refractivity contribution in [3.63, 3.8) is 0 Å². The number of nitrogens with zero attached hydrogens (tertiary/aromatic N) is 2. The molecule has 2 nitrogen and oxygen atoms in total. The number of imidazole rings is 1. The molecule has 0 saturated heterocycles. The average Bonchev–Trinajstić information content (AvgIpc) is 3.10. The summed E-state index contributed by atoms with van der Waals surface area (Å²) in [5.41, 5.74) is 0. The molecule has 1 heterocycles. The Morgan fingerprint density at radius 3 is 1.71 bits per heavy atom. The summed E-state index contributed by atoms with van der Waals surface area (Å²) in [6, 6.07) is 0. The van der Waals surface area contributed by atoms with Crippen molar-refractivity contribution in [3.05, 3.63) is 18.2 Å². The molecule has 1 aromatic heterocycles. The maximum Gasteiger partial charge on any atom is 0.254 e. The zero-order valence-corrected chi connectivity index (χ0v) is 23.2. The summed E-state index contributed by atoms with van der Waals surface area (Å²) in [5.74, 6) is 8.00. The van der Waals surface area contributed by atoms with Gasteiger partial charge in [-0.3, -0.25) is 0 Å². The van der Waals surface area contributed by atoms with Gasteiger partial charge in [-0.25, -0.2) is 9.13 Å². The SMILES string of the molecule is CCCCCC#CCn1cc[n+](CCCCCCCCCCCCCCCC)c1C.[I-]. The van der Waals surface area contributed by atoms with Crippen LogP contribution in [0.1, 0.15) is 135 Å². The number of halogens is 1. The lowest BCUT2D eigenvalue weighted by atomic mass is 10.0. The lowest BCUT2D eigenvalue weighted by molar-refractivity contribution is -0.702. The van der Waals surface area contributed by atoms with Crippen molar-refractivity contribution in [1.29, 1.82) is 0 Å². The number of rotatable bonds is 19. The number of hydrogen-bond donors (Lipinski definition) is 0. The third kappa shape index (κ3) is 16.7. The summed E-state index contributed by atoms with van der Waals surface area (Å²) in [6.45, 7) is 8.75. The Bertz CT molecular complexity index is 567. The number of unbranched alkanes of at least 4 members (excludes halogenated alkanes) is 16. The van der Waals surface area contributed by atoms with Crippen molar-refractivity contribution in [2.75, 3.05) is 0 Å². The van der Waals surface area contributed by atoms with Gasteiger partial charge in [-0.15, -0.1) is 0 Å². The Morgan fingerprint density at radius 2 is 1.16 bits per heavy atom. The fraction of sp³-hybridized carbons (Fsp3) is 0.821. The van der Waals surface area contributed by atoms with Crippen molar-refractivity contribution in [2.45, 2.75) is 149 Å². The predicted octanol–water partition coefficient (Wildman–Crippen LogP) is 5.15. The van der Waals surface area contributed by atoms with Crippen molar-refractivity contribution in [1.82, 2.24) is 4.57 Å². The van der Waals surface area contributed by atoms with Gasteiger partial charge in [0.15, 0.2) is 6.54 Å². The average molecular weight is 543 g/mol. The van der Waals surface area contributed by atoms with E-state index in [0.29, 0.717) is 0 Å². The van der Waals surface area contributed by atoms with Crippen molar-refractivity contribution >= 4 is 0 Å². The molecule has 0 saturated carbocycles. The molecule has 0 spiro atoms. The number of hydrogen-bond acceptors (Lipinski definition) is 0. The number of aryl methyl sites for hydroxylation is 1. The smallest absolute Gasteiger partial charge is 0.254 e. The fourth-order valence-electron chi connectivity index (χ4n) is 4.11. The first-order valence-corrected chi connectivity index (χ1v) is 13.3. The molecule has 3 heteroatoms. The lowest BCUT2D eigenvalue weighted by Crippen LogP contribution is -3.00. The fourth-order valence-corrected chi connectivity index (χ4v) is 4.11. The maximum atomic E-state index is 3.33. The first kappa shape index (κ1) is 30.5. The number of aromatic nitrogens is 2. The molecule has 0 atom stereocenters. The van der Waals surface area contributed by atoms with E-state index in [1.807, 2.05) is 0 Å². The molecule has 0 aliphatic rings. The predicted molar refractivity (Wildman–Crippen MR) is 132 cm³/mol. The molecule has 0 radical (unpaired) electrons. The molecular weight excluding hydrogens is 491 g/mol. The van der Waals surface area contributed by atoms with Crippen LogP contribution in [0.2, 0.25) is 0 Å². The molecule has 0 aliphatic carbocycles. The van der Waals surface area contributed by atoms with Crippen LogP contribution < -0.4 is 28.5 Å². The van der Waals surface area contributed by atoms with Crippen molar-refractivity contribution < 1.29 is 28.5 Å². The Hall–Kier alpha value is -0.500. The third-order valence-electron chi connectivity index (χ3n) is 6.29. The summed E-state index contributed by atoms with van der Waals surface area (Å²) >= 11 is 0. The Kier molecular flexibility index (Phi) is 22.3. The van der Waals surface area contributed by atoms with Gasteiger partial charge in [0.2, 0.25) is 0 Å². The van der Waals surface area contributed by atoms with E-state index in [-0.39, 0.29) is 24.0 Å². The Balaban J connectivity index is 0.00000900. The molecule has 0 aliphatic heterocycles. The summed E-state index contributed by atoms with van der Waals surface area (Å²) in [5, 5.41) is 0. The molecule has 0 bridgehead atoms. The van der Waals surface area contributed by atoms with Crippen LogP contribution in [0, 0.1) is 18.8 Å². The molecule has 1 rings (SSSR count). The van der Waals surface area contributed by atoms with E-state index >= 15 is 0 Å². The zero-order chi connectivity index (χ0) is 21.7. The van der Waals surface area contributed by atoms with E-state index in [0.717, 1.165) is 19.5 Å². The third-order valence-corrected chi connectivity index (χ3v) is 6.29. The normalized spacial score (nSPS) is 10.5. The molecule has 0 fully saturated rings. The highest BCUT2D eigenvalue weighted by Crippen LogP contribution is 2.13. The van der Waals surface area contributed by atoms with E-state index in [4.69, 9.17) is 0 Å². The molecule has 0 unspecified atom stereocenters. The molecular formula is C28H51IN2. The van der Waals surface area contributed by atoms with Crippen LogP contribution in [0.3, 0.4) is 0 Å². The van der Waals surface area contributed by atoms with Crippen LogP contribution in [0.25, 0.3) is 0 Å². The molecule has 180 valence electrons. The van der Waals surface area contributed by atoms with Gasteiger partial charge in [-0.1, -0.05) is 116 Å². The molecule has 0 amide bonds. The van der Waals surface area contributed by atoms with E-state index in [1.165, 1.54) is 115 Å². The standard InChI is InChI=1S/C28H51N2.HI/c1-4-6-8-10-12-13-14-15-16-17-18-19-21-23-25-30-27-26-29(28(30)3)24-22-20-11-9-7-5-2;/h26-27H,4-19,21,23-25H2,1-3H3;1H/q+1;/p-1. The van der Waals surface area contributed by atoms with Gasteiger partial charge in [0.05, 0.1) is 6.54 Å². The van der Waals surface area contributed by atoms with E-state index < -0.39 is 0 Å². The van der Waals surface area contributed by atoms with Gasteiger partial charge in [0.25, 0.3) is 5.82 Å². The lowest BCUT2D eigenvalue weighted by Gasteiger charge is -2.03. The highest BCUT2D eigenvalue weighted by Gasteiger charge is 2.10. The quantitative estimate of drug-likeness (QED) is 0.0990. The minimum atomic E-state index is 0. The molecule has 31 heavy (non-hydrogen) atoms. The highest BCUT2D eigenvalue weighted by molar-refractivity contribution is 5.00. The first-order valence-electron chi connectivity index (χ1n) is 13.3. The van der Waals surface area contributed by atoms with Gasteiger partial charge in [-0.05, 0) is 19.3 Å².